The summed E-state index contributed by atoms with van der Waals surface area (Å²) >= 11 is 0. The van der Waals surface area contributed by atoms with Crippen molar-refractivity contribution >= 4 is 5.97 Å². The second-order valence-corrected chi connectivity index (χ2v) is 2.38. The van der Waals surface area contributed by atoms with Gasteiger partial charge in [-0.25, -0.2) is 0 Å². The van der Waals surface area contributed by atoms with E-state index in [9.17, 15) is 4.79 Å². The smallest absolute Gasteiger partial charge is 0.312 e. The van der Waals surface area contributed by atoms with Gasteiger partial charge in [-0.2, -0.15) is 0 Å². The summed E-state index contributed by atoms with van der Waals surface area (Å²) in [4.78, 5) is 10.4. The predicted octanol–water partition coefficient (Wildman–Crippen LogP) is 0.00320. The molecule has 5 heteroatoms. The molecule has 1 rings (SSSR count). The first-order valence-electron chi connectivity index (χ1n) is 3.20. The maximum atomic E-state index is 10.4. The van der Waals surface area contributed by atoms with E-state index in [1.54, 1.807) is 20.2 Å². The third kappa shape index (κ3) is 1.54. The molecule has 0 saturated carbocycles. The second kappa shape index (κ2) is 2.69. The van der Waals surface area contributed by atoms with Crippen LogP contribution in [0.15, 0.2) is 6.20 Å². The Hall–Kier alpha value is -1.39. The van der Waals surface area contributed by atoms with Gasteiger partial charge < -0.3 is 5.11 Å². The molecule has 1 atom stereocenters. The van der Waals surface area contributed by atoms with Crippen LogP contribution in [-0.4, -0.2) is 26.1 Å². The summed E-state index contributed by atoms with van der Waals surface area (Å²) in [5.41, 5.74) is 0.486. The highest BCUT2D eigenvalue weighted by Crippen LogP contribution is 2.09. The molecule has 0 radical (unpaired) electrons. The topological polar surface area (TPSA) is 68.0 Å². The fourth-order valence-electron chi connectivity index (χ4n) is 0.690. The molecule has 0 aliphatic carbocycles. The van der Waals surface area contributed by atoms with Crippen molar-refractivity contribution in [2.45, 2.75) is 12.8 Å². The van der Waals surface area contributed by atoms with Crippen LogP contribution in [0.4, 0.5) is 0 Å². The van der Waals surface area contributed by atoms with Crippen LogP contribution >= 0.6 is 0 Å². The highest BCUT2D eigenvalue weighted by atomic mass is 16.4. The van der Waals surface area contributed by atoms with Crippen molar-refractivity contribution in [3.05, 3.63) is 11.9 Å². The number of rotatable bonds is 2. The van der Waals surface area contributed by atoms with E-state index in [1.165, 1.54) is 4.68 Å². The maximum absolute atomic E-state index is 10.4. The number of hydrogen-bond donors (Lipinski definition) is 1. The van der Waals surface area contributed by atoms with Crippen LogP contribution in [0.1, 0.15) is 18.5 Å². The normalized spacial score (nSPS) is 12.9. The molecule has 1 aromatic heterocycles. The van der Waals surface area contributed by atoms with Gasteiger partial charge in [-0.3, -0.25) is 9.48 Å². The van der Waals surface area contributed by atoms with Crippen molar-refractivity contribution in [3.63, 3.8) is 0 Å². The first-order valence-corrected chi connectivity index (χ1v) is 3.20. The molecule has 0 bridgehead atoms. The zero-order valence-electron chi connectivity index (χ0n) is 6.35. The van der Waals surface area contributed by atoms with E-state index in [1.807, 2.05) is 0 Å². The Morgan fingerprint density at radius 3 is 2.82 bits per heavy atom. The predicted molar refractivity (Wildman–Crippen MR) is 37.1 cm³/mol. The summed E-state index contributed by atoms with van der Waals surface area (Å²) < 4.78 is 1.48. The van der Waals surface area contributed by atoms with Crippen LogP contribution < -0.4 is 0 Å². The Kier molecular flexibility index (Phi) is 1.89. The lowest BCUT2D eigenvalue weighted by molar-refractivity contribution is -0.138. The van der Waals surface area contributed by atoms with E-state index in [0.717, 1.165) is 0 Å². The largest absolute Gasteiger partial charge is 0.481 e. The first-order chi connectivity index (χ1) is 5.11. The molecule has 0 aliphatic heterocycles. The number of carbonyl (C=O) groups is 1. The number of carboxylic acid groups (broad SMARTS) is 1. The van der Waals surface area contributed by atoms with Gasteiger partial charge in [-0.15, -0.1) is 5.10 Å². The van der Waals surface area contributed by atoms with Gasteiger partial charge in [0.05, 0.1) is 11.6 Å². The molecule has 1 aromatic rings. The summed E-state index contributed by atoms with van der Waals surface area (Å²) in [5.74, 6) is -1.46. The Bertz CT molecular complexity index is 269. The van der Waals surface area contributed by atoms with Gasteiger partial charge in [0, 0.05) is 13.2 Å². The Balaban J connectivity index is 2.84. The van der Waals surface area contributed by atoms with Crippen LogP contribution in [0.5, 0.6) is 0 Å². The number of hydrogen-bond acceptors (Lipinski definition) is 3. The molecule has 0 fully saturated rings. The molecular weight excluding hydrogens is 146 g/mol. The number of aryl methyl sites for hydroxylation is 1. The molecule has 0 saturated heterocycles. The fourth-order valence-corrected chi connectivity index (χ4v) is 0.690. The van der Waals surface area contributed by atoms with Crippen LogP contribution in [0, 0.1) is 0 Å². The van der Waals surface area contributed by atoms with Gasteiger partial charge in [-0.1, -0.05) is 5.21 Å². The summed E-state index contributed by atoms with van der Waals surface area (Å²) in [5, 5.41) is 15.9. The minimum absolute atomic E-state index is 0.486. The zero-order chi connectivity index (χ0) is 8.43. The molecule has 0 spiro atoms. The third-order valence-corrected chi connectivity index (χ3v) is 1.43. The van der Waals surface area contributed by atoms with Crippen molar-refractivity contribution in [1.29, 1.82) is 0 Å². The molecule has 11 heavy (non-hydrogen) atoms. The average molecular weight is 155 g/mol. The summed E-state index contributed by atoms with van der Waals surface area (Å²) in [7, 11) is 1.70. The number of aromatic nitrogens is 3. The van der Waals surface area contributed by atoms with Crippen molar-refractivity contribution in [3.8, 4) is 0 Å². The number of nitrogens with zero attached hydrogens (tertiary/aromatic N) is 3. The molecular formula is C6H9N3O2. The molecule has 5 nitrogen and oxygen atoms in total. The third-order valence-electron chi connectivity index (χ3n) is 1.43. The van der Waals surface area contributed by atoms with Gasteiger partial charge in [0.2, 0.25) is 0 Å². The highest BCUT2D eigenvalue weighted by molar-refractivity contribution is 5.74. The minimum atomic E-state index is -0.884. The summed E-state index contributed by atoms with van der Waals surface area (Å²) in [6.07, 6.45) is 1.60. The average Bonchev–Trinajstić information content (AvgIpc) is 2.34. The molecule has 1 heterocycles. The standard InChI is InChI=1S/C6H9N3O2/c1-4(6(10)11)5-3-9(2)8-7-5/h3-4H,1-2H3,(H,10,11). The lowest BCUT2D eigenvalue weighted by Crippen LogP contribution is -2.07. The first kappa shape index (κ1) is 7.71. The monoisotopic (exact) mass is 155 g/mol. The van der Waals surface area contributed by atoms with Crippen LogP contribution in [0.2, 0.25) is 0 Å². The fraction of sp³-hybridized carbons (Fsp3) is 0.500. The van der Waals surface area contributed by atoms with E-state index in [2.05, 4.69) is 10.3 Å². The van der Waals surface area contributed by atoms with Crippen LogP contribution in [-0.2, 0) is 11.8 Å². The molecule has 0 amide bonds. The van der Waals surface area contributed by atoms with Crippen molar-refractivity contribution < 1.29 is 9.90 Å². The summed E-state index contributed by atoms with van der Waals surface area (Å²) in [6.45, 7) is 1.58. The van der Waals surface area contributed by atoms with E-state index >= 15 is 0 Å². The van der Waals surface area contributed by atoms with Gasteiger partial charge in [0.15, 0.2) is 0 Å². The van der Waals surface area contributed by atoms with Gasteiger partial charge in [0.1, 0.15) is 0 Å². The van der Waals surface area contributed by atoms with Gasteiger partial charge >= 0.3 is 5.97 Å². The Labute approximate surface area is 63.6 Å². The van der Waals surface area contributed by atoms with Crippen molar-refractivity contribution in [2.24, 2.45) is 7.05 Å². The van der Waals surface area contributed by atoms with E-state index in [0.29, 0.717) is 5.69 Å². The Morgan fingerprint density at radius 1 is 1.82 bits per heavy atom. The van der Waals surface area contributed by atoms with E-state index in [-0.39, 0.29) is 0 Å². The molecule has 1 N–H and O–H groups in total. The van der Waals surface area contributed by atoms with Crippen LogP contribution in [0.3, 0.4) is 0 Å². The van der Waals surface area contributed by atoms with Crippen LogP contribution in [0.25, 0.3) is 0 Å². The maximum Gasteiger partial charge on any atom is 0.312 e. The SMILES string of the molecule is CC(C(=O)O)c1cn(C)nn1. The van der Waals surface area contributed by atoms with Gasteiger partial charge in [0.25, 0.3) is 0 Å². The molecule has 0 aliphatic rings. The number of carboxylic acids is 1. The molecule has 0 aromatic carbocycles. The van der Waals surface area contributed by atoms with E-state index < -0.39 is 11.9 Å². The quantitative estimate of drug-likeness (QED) is 0.652. The van der Waals surface area contributed by atoms with E-state index in [4.69, 9.17) is 5.11 Å². The Morgan fingerprint density at radius 2 is 2.45 bits per heavy atom. The number of aliphatic carboxylic acids is 1. The highest BCUT2D eigenvalue weighted by Gasteiger charge is 2.16. The minimum Gasteiger partial charge on any atom is -0.481 e. The zero-order valence-corrected chi connectivity index (χ0v) is 6.35. The lowest BCUT2D eigenvalue weighted by atomic mass is 10.1. The van der Waals surface area contributed by atoms with Crippen molar-refractivity contribution in [1.82, 2.24) is 15.0 Å². The molecule has 1 unspecified atom stereocenters. The molecule has 60 valence electrons. The lowest BCUT2D eigenvalue weighted by Gasteiger charge is -1.97. The van der Waals surface area contributed by atoms with Gasteiger partial charge in [-0.05, 0) is 6.92 Å². The summed E-state index contributed by atoms with van der Waals surface area (Å²) in [6, 6.07) is 0. The second-order valence-electron chi connectivity index (χ2n) is 2.38. The van der Waals surface area contributed by atoms with Crippen molar-refractivity contribution in [2.75, 3.05) is 0 Å².